The Morgan fingerprint density at radius 1 is 1.35 bits per heavy atom. The molecule has 96 valence electrons. The number of hydrogen-bond donors (Lipinski definition) is 1. The molecule has 1 unspecified atom stereocenters. The predicted molar refractivity (Wildman–Crippen MR) is 68.0 cm³/mol. The fraction of sp³-hybridized carbons (Fsp3) is 0.500. The van der Waals surface area contributed by atoms with Crippen molar-refractivity contribution in [3.63, 3.8) is 0 Å². The lowest BCUT2D eigenvalue weighted by atomic mass is 10.1. The molecule has 0 bridgehead atoms. The van der Waals surface area contributed by atoms with Crippen molar-refractivity contribution >= 4 is 9.84 Å². The van der Waals surface area contributed by atoms with Crippen molar-refractivity contribution in [3.05, 3.63) is 29.8 Å². The third kappa shape index (κ3) is 4.11. The molecule has 0 aliphatic rings. The average molecular weight is 257 g/mol. The second-order valence-corrected chi connectivity index (χ2v) is 6.01. The molecule has 0 fully saturated rings. The van der Waals surface area contributed by atoms with Crippen LogP contribution in [0.5, 0.6) is 0 Å². The Balaban J connectivity index is 2.98. The van der Waals surface area contributed by atoms with E-state index in [-0.39, 0.29) is 6.04 Å². The van der Waals surface area contributed by atoms with Gasteiger partial charge in [0.2, 0.25) is 0 Å². The summed E-state index contributed by atoms with van der Waals surface area (Å²) < 4.78 is 28.3. The van der Waals surface area contributed by atoms with Crippen LogP contribution in [0.4, 0.5) is 0 Å². The number of likely N-dealkylation sites (N-methyl/N-ethyl adjacent to an activating group) is 1. The fourth-order valence-electron chi connectivity index (χ4n) is 1.75. The zero-order valence-electron chi connectivity index (χ0n) is 10.4. The van der Waals surface area contributed by atoms with Gasteiger partial charge in [-0.25, -0.2) is 8.42 Å². The first-order chi connectivity index (χ1) is 7.99. The van der Waals surface area contributed by atoms with Gasteiger partial charge >= 0.3 is 0 Å². The van der Waals surface area contributed by atoms with Gasteiger partial charge in [-0.15, -0.1) is 0 Å². The first-order valence-electron chi connectivity index (χ1n) is 5.43. The highest BCUT2D eigenvalue weighted by molar-refractivity contribution is 7.90. The van der Waals surface area contributed by atoms with Crippen LogP contribution in [0.2, 0.25) is 0 Å². The van der Waals surface area contributed by atoms with Crippen molar-refractivity contribution in [3.8, 4) is 0 Å². The molecule has 0 heterocycles. The Morgan fingerprint density at radius 3 is 2.53 bits per heavy atom. The molecule has 4 nitrogen and oxygen atoms in total. The van der Waals surface area contributed by atoms with E-state index in [0.29, 0.717) is 17.9 Å². The number of benzene rings is 1. The van der Waals surface area contributed by atoms with Crippen molar-refractivity contribution in [1.29, 1.82) is 0 Å². The molecule has 1 atom stereocenters. The highest BCUT2D eigenvalue weighted by Crippen LogP contribution is 2.16. The van der Waals surface area contributed by atoms with Gasteiger partial charge < -0.3 is 10.1 Å². The molecule has 0 saturated carbocycles. The Morgan fingerprint density at radius 2 is 2.00 bits per heavy atom. The highest BCUT2D eigenvalue weighted by Gasteiger charge is 2.15. The van der Waals surface area contributed by atoms with E-state index in [1.54, 1.807) is 19.2 Å². The minimum absolute atomic E-state index is 0.114. The van der Waals surface area contributed by atoms with Crippen molar-refractivity contribution < 1.29 is 13.2 Å². The van der Waals surface area contributed by atoms with E-state index in [2.05, 4.69) is 5.32 Å². The average Bonchev–Trinajstić information content (AvgIpc) is 2.27. The minimum atomic E-state index is -3.17. The maximum absolute atomic E-state index is 11.6. The van der Waals surface area contributed by atoms with Crippen LogP contribution in [-0.2, 0) is 21.0 Å². The molecule has 1 aromatic carbocycles. The summed E-state index contributed by atoms with van der Waals surface area (Å²) in [6.45, 7) is 0.550. The van der Waals surface area contributed by atoms with Crippen LogP contribution in [-0.4, -0.2) is 41.5 Å². The molecule has 1 N–H and O–H groups in total. The summed E-state index contributed by atoms with van der Waals surface area (Å²) in [7, 11) is 0.301. The zero-order valence-corrected chi connectivity index (χ0v) is 11.3. The lowest BCUT2D eigenvalue weighted by Crippen LogP contribution is -2.32. The molecular formula is C12H19NO3S. The molecule has 0 aromatic heterocycles. The van der Waals surface area contributed by atoms with E-state index in [9.17, 15) is 8.42 Å². The second-order valence-electron chi connectivity index (χ2n) is 4.02. The number of methoxy groups -OCH3 is 1. The molecule has 0 amide bonds. The number of rotatable bonds is 6. The molecule has 0 saturated heterocycles. The molecule has 17 heavy (non-hydrogen) atoms. The first-order valence-corrected chi connectivity index (χ1v) is 7.32. The third-order valence-corrected chi connectivity index (χ3v) is 3.81. The monoisotopic (exact) mass is 257 g/mol. The number of nitrogens with one attached hydrogen (secondary N) is 1. The van der Waals surface area contributed by atoms with Gasteiger partial charge in [0.25, 0.3) is 0 Å². The van der Waals surface area contributed by atoms with Gasteiger partial charge in [-0.1, -0.05) is 18.2 Å². The molecule has 0 spiro atoms. The smallest absolute Gasteiger partial charge is 0.175 e. The van der Waals surface area contributed by atoms with E-state index in [1.165, 1.54) is 6.26 Å². The summed E-state index contributed by atoms with van der Waals surface area (Å²) in [5.74, 6) is 0. The molecular weight excluding hydrogens is 238 g/mol. The van der Waals surface area contributed by atoms with Gasteiger partial charge in [-0.05, 0) is 25.1 Å². The summed E-state index contributed by atoms with van der Waals surface area (Å²) in [5.41, 5.74) is 0.825. The van der Waals surface area contributed by atoms with E-state index in [0.717, 1.165) is 5.56 Å². The van der Waals surface area contributed by atoms with Crippen molar-refractivity contribution in [2.24, 2.45) is 0 Å². The van der Waals surface area contributed by atoms with Crippen LogP contribution >= 0.6 is 0 Å². The number of sulfone groups is 1. The maximum atomic E-state index is 11.6. The van der Waals surface area contributed by atoms with Crippen molar-refractivity contribution in [2.75, 3.05) is 27.0 Å². The van der Waals surface area contributed by atoms with Crippen LogP contribution in [0.1, 0.15) is 5.56 Å². The Labute approximate surface area is 103 Å². The molecule has 0 radical (unpaired) electrons. The standard InChI is InChI=1S/C12H19NO3S/c1-13-11(9-16-2)8-10-6-4-5-7-12(10)17(3,14)15/h4-7,11,13H,8-9H2,1-3H3. The first kappa shape index (κ1) is 14.2. The van der Waals surface area contributed by atoms with Crippen molar-refractivity contribution in [1.82, 2.24) is 5.32 Å². The summed E-state index contributed by atoms with van der Waals surface area (Å²) in [6.07, 6.45) is 1.87. The van der Waals surface area contributed by atoms with Crippen LogP contribution < -0.4 is 5.32 Å². The normalized spacial score (nSPS) is 13.6. The van der Waals surface area contributed by atoms with Gasteiger partial charge in [-0.2, -0.15) is 0 Å². The summed E-state index contributed by atoms with van der Waals surface area (Å²) in [6, 6.07) is 7.19. The minimum Gasteiger partial charge on any atom is -0.383 e. The molecule has 0 aliphatic carbocycles. The molecule has 1 rings (SSSR count). The second kappa shape index (κ2) is 6.14. The number of hydrogen-bond acceptors (Lipinski definition) is 4. The topological polar surface area (TPSA) is 55.4 Å². The third-order valence-electron chi connectivity index (χ3n) is 2.61. The number of ether oxygens (including phenoxy) is 1. The van der Waals surface area contributed by atoms with Gasteiger partial charge in [0.05, 0.1) is 11.5 Å². The van der Waals surface area contributed by atoms with Gasteiger partial charge in [0.15, 0.2) is 9.84 Å². The zero-order chi connectivity index (χ0) is 12.9. The predicted octanol–water partition coefficient (Wildman–Crippen LogP) is 0.867. The summed E-state index contributed by atoms with van der Waals surface area (Å²) in [4.78, 5) is 0.399. The quantitative estimate of drug-likeness (QED) is 0.821. The fourth-order valence-corrected chi connectivity index (χ4v) is 2.70. The highest BCUT2D eigenvalue weighted by atomic mass is 32.2. The van der Waals surface area contributed by atoms with Crippen LogP contribution in [0, 0.1) is 0 Å². The Hall–Kier alpha value is -0.910. The van der Waals surface area contributed by atoms with Crippen LogP contribution in [0.25, 0.3) is 0 Å². The molecule has 5 heteroatoms. The van der Waals surface area contributed by atoms with Gasteiger partial charge in [0, 0.05) is 19.4 Å². The summed E-state index contributed by atoms with van der Waals surface area (Å²) >= 11 is 0. The van der Waals surface area contributed by atoms with Gasteiger partial charge in [0.1, 0.15) is 0 Å². The lowest BCUT2D eigenvalue weighted by molar-refractivity contribution is 0.169. The van der Waals surface area contributed by atoms with E-state index >= 15 is 0 Å². The maximum Gasteiger partial charge on any atom is 0.175 e. The van der Waals surface area contributed by atoms with E-state index in [1.807, 2.05) is 19.2 Å². The van der Waals surface area contributed by atoms with Crippen LogP contribution in [0.15, 0.2) is 29.2 Å². The van der Waals surface area contributed by atoms with E-state index in [4.69, 9.17) is 4.74 Å². The van der Waals surface area contributed by atoms with Crippen LogP contribution in [0.3, 0.4) is 0 Å². The Bertz CT molecular complexity index is 457. The SMILES string of the molecule is CNC(COC)Cc1ccccc1S(C)(=O)=O. The largest absolute Gasteiger partial charge is 0.383 e. The van der Waals surface area contributed by atoms with E-state index < -0.39 is 9.84 Å². The molecule has 0 aliphatic heterocycles. The van der Waals surface area contributed by atoms with Crippen molar-refractivity contribution in [2.45, 2.75) is 17.4 Å². The Kier molecular flexibility index (Phi) is 5.11. The van der Waals surface area contributed by atoms with Gasteiger partial charge in [-0.3, -0.25) is 0 Å². The summed E-state index contributed by atoms with van der Waals surface area (Å²) in [5, 5.41) is 3.11. The molecule has 1 aromatic rings. The lowest BCUT2D eigenvalue weighted by Gasteiger charge is -2.16.